The second kappa shape index (κ2) is 8.59. The van der Waals surface area contributed by atoms with E-state index in [0.29, 0.717) is 30.1 Å². The minimum Gasteiger partial charge on any atom is -0.392 e. The Morgan fingerprint density at radius 1 is 1.32 bits per heavy atom. The molecule has 3 heterocycles. The number of halogens is 2. The van der Waals surface area contributed by atoms with Crippen LogP contribution in [0.1, 0.15) is 51.8 Å². The smallest absolute Gasteiger partial charge is 0.272 e. The van der Waals surface area contributed by atoms with Crippen LogP contribution in [0, 0.1) is 5.41 Å². The van der Waals surface area contributed by atoms with Gasteiger partial charge in [-0.2, -0.15) is 0 Å². The van der Waals surface area contributed by atoms with Gasteiger partial charge in [0.15, 0.2) is 0 Å². The summed E-state index contributed by atoms with van der Waals surface area (Å²) in [6, 6.07) is 8.17. The highest BCUT2D eigenvalue weighted by atomic mass is 32.1. The molecule has 0 radical (unpaired) electrons. The number of likely N-dealkylation sites (tertiary alicyclic amines) is 1. The summed E-state index contributed by atoms with van der Waals surface area (Å²) in [5.41, 5.74) is 2.20. The number of fused-ring (bicyclic) bond motifs is 1. The number of hydrogen-bond donors (Lipinski definition) is 2. The Balaban J connectivity index is 1.42. The molecule has 0 bridgehead atoms. The van der Waals surface area contributed by atoms with Crippen molar-refractivity contribution in [2.24, 2.45) is 5.41 Å². The summed E-state index contributed by atoms with van der Waals surface area (Å²) in [5.74, 6) is -0.204. The first-order chi connectivity index (χ1) is 16.3. The lowest BCUT2D eigenvalue weighted by molar-refractivity contribution is -0.125. The summed E-state index contributed by atoms with van der Waals surface area (Å²) >= 11 is 0.758. The van der Waals surface area contributed by atoms with E-state index in [2.05, 4.69) is 16.9 Å². The molecule has 178 valence electrons. The normalized spacial score (nSPS) is 21.9. The maximum atomic E-state index is 13.0. The zero-order chi connectivity index (χ0) is 24.0. The molecule has 1 aromatic carbocycles. The van der Waals surface area contributed by atoms with Gasteiger partial charge in [-0.25, -0.2) is 13.8 Å². The van der Waals surface area contributed by atoms with Gasteiger partial charge in [-0.05, 0) is 60.6 Å². The molecule has 1 aliphatic heterocycles. The number of alkyl halides is 2. The third-order valence-corrected chi connectivity index (χ3v) is 7.95. The number of nitrogens with zero attached hydrogens (tertiary/aromatic N) is 3. The summed E-state index contributed by atoms with van der Waals surface area (Å²) < 4.78 is 27.9. The Kier molecular flexibility index (Phi) is 5.73. The van der Waals surface area contributed by atoms with Crippen LogP contribution < -0.4 is 5.32 Å². The van der Waals surface area contributed by atoms with E-state index in [1.807, 2.05) is 21.6 Å². The minimum absolute atomic E-state index is 0.0339. The second-order valence-electron chi connectivity index (χ2n) is 9.02. The number of rotatable bonds is 6. The third-order valence-electron chi connectivity index (χ3n) is 6.85. The van der Waals surface area contributed by atoms with Crippen LogP contribution in [0.2, 0.25) is 0 Å². The van der Waals surface area contributed by atoms with Crippen molar-refractivity contribution in [1.29, 1.82) is 0 Å². The lowest BCUT2D eigenvalue weighted by atomic mass is 9.64. The topological polar surface area (TPSA) is 87.5 Å². The molecule has 3 aromatic rings. The summed E-state index contributed by atoms with van der Waals surface area (Å²) in [5, 5.41) is 12.3. The standard InChI is InChI=1S/C24H24F2N4O3S/c1-2-20(32)29-8-7-24(13-29)10-15(11-24)30-17-4-3-14(12-31)9-16(17)27-23(30)28-22(33)19-6-5-18(34-19)21(25)26/h2-6,9,15,21,31H,1,7-8,10-13H2,(H,27,28,33)/t15-,24-. The number of aliphatic hydroxyl groups is 1. The second-order valence-corrected chi connectivity index (χ2v) is 10.1. The van der Waals surface area contributed by atoms with Gasteiger partial charge in [0, 0.05) is 19.1 Å². The van der Waals surface area contributed by atoms with Gasteiger partial charge in [0.2, 0.25) is 11.9 Å². The van der Waals surface area contributed by atoms with Crippen LogP contribution in [-0.2, 0) is 11.4 Å². The number of amides is 2. The summed E-state index contributed by atoms with van der Waals surface area (Å²) in [7, 11) is 0. The van der Waals surface area contributed by atoms with Crippen LogP contribution in [-0.4, -0.2) is 44.5 Å². The number of benzene rings is 1. The fourth-order valence-corrected chi connectivity index (χ4v) is 5.92. The van der Waals surface area contributed by atoms with Crippen LogP contribution >= 0.6 is 11.3 Å². The van der Waals surface area contributed by atoms with Gasteiger partial charge >= 0.3 is 0 Å². The van der Waals surface area contributed by atoms with Crippen molar-refractivity contribution in [1.82, 2.24) is 14.5 Å². The highest BCUT2D eigenvalue weighted by Crippen LogP contribution is 2.55. The molecule has 5 rings (SSSR count). The van der Waals surface area contributed by atoms with Gasteiger partial charge in [0.1, 0.15) is 0 Å². The Morgan fingerprint density at radius 3 is 2.79 bits per heavy atom. The molecular weight excluding hydrogens is 462 g/mol. The van der Waals surface area contributed by atoms with Gasteiger partial charge in [-0.15, -0.1) is 11.3 Å². The number of carbonyl (C=O) groups excluding carboxylic acids is 2. The molecule has 1 spiro atoms. The number of imidazole rings is 1. The van der Waals surface area contributed by atoms with E-state index in [1.165, 1.54) is 18.2 Å². The van der Waals surface area contributed by atoms with E-state index < -0.39 is 12.3 Å². The van der Waals surface area contributed by atoms with Gasteiger partial charge in [0.25, 0.3) is 12.3 Å². The van der Waals surface area contributed by atoms with Crippen molar-refractivity contribution >= 4 is 40.1 Å². The SMILES string of the molecule is C=CC(=O)N1CC[C@]2(C1)C[C@H](n1c(NC(=O)c3ccc(C(F)F)s3)nc3cc(CO)ccc31)C2. The first kappa shape index (κ1) is 22.7. The first-order valence-corrected chi connectivity index (χ1v) is 11.9. The molecule has 1 saturated carbocycles. The van der Waals surface area contributed by atoms with E-state index >= 15 is 0 Å². The van der Waals surface area contributed by atoms with E-state index in [4.69, 9.17) is 0 Å². The first-order valence-electron chi connectivity index (χ1n) is 11.0. The van der Waals surface area contributed by atoms with Crippen molar-refractivity contribution in [2.75, 3.05) is 18.4 Å². The van der Waals surface area contributed by atoms with Crippen LogP contribution in [0.25, 0.3) is 11.0 Å². The molecule has 2 fully saturated rings. The number of aliphatic hydroxyl groups excluding tert-OH is 1. The lowest BCUT2D eigenvalue weighted by Crippen LogP contribution is -2.42. The van der Waals surface area contributed by atoms with Crippen LogP contribution in [0.15, 0.2) is 43.0 Å². The molecule has 34 heavy (non-hydrogen) atoms. The molecule has 2 N–H and O–H groups in total. The van der Waals surface area contributed by atoms with E-state index in [9.17, 15) is 23.5 Å². The largest absolute Gasteiger partial charge is 0.392 e. The van der Waals surface area contributed by atoms with Crippen LogP contribution in [0.3, 0.4) is 0 Å². The molecule has 2 aromatic heterocycles. The average molecular weight is 487 g/mol. The Hall–Kier alpha value is -3.11. The Bertz CT molecular complexity index is 1280. The van der Waals surface area contributed by atoms with Crippen molar-refractivity contribution in [2.45, 2.75) is 38.3 Å². The number of nitrogens with one attached hydrogen (secondary N) is 1. The fourth-order valence-electron chi connectivity index (χ4n) is 5.16. The number of thiophene rings is 1. The number of hydrogen-bond acceptors (Lipinski definition) is 5. The number of anilines is 1. The maximum Gasteiger partial charge on any atom is 0.272 e. The van der Waals surface area contributed by atoms with E-state index in [1.54, 1.807) is 6.07 Å². The van der Waals surface area contributed by atoms with Gasteiger partial charge in [-0.1, -0.05) is 12.6 Å². The molecule has 2 amide bonds. The van der Waals surface area contributed by atoms with Gasteiger partial charge < -0.3 is 14.6 Å². The molecule has 2 aliphatic rings. The molecule has 1 saturated heterocycles. The monoisotopic (exact) mass is 486 g/mol. The molecule has 1 aliphatic carbocycles. The zero-order valence-corrected chi connectivity index (χ0v) is 19.2. The number of carbonyl (C=O) groups is 2. The van der Waals surface area contributed by atoms with Crippen molar-refractivity contribution in [3.8, 4) is 0 Å². The van der Waals surface area contributed by atoms with Crippen LogP contribution in [0.4, 0.5) is 14.7 Å². The Labute approximate surface area is 198 Å². The van der Waals surface area contributed by atoms with Crippen molar-refractivity contribution in [3.05, 3.63) is 58.3 Å². The fraction of sp³-hybridized carbons (Fsp3) is 0.375. The average Bonchev–Trinajstić information content (AvgIpc) is 3.53. The van der Waals surface area contributed by atoms with E-state index in [0.717, 1.165) is 36.1 Å². The van der Waals surface area contributed by atoms with Gasteiger partial charge in [0.05, 0.1) is 27.4 Å². The molecule has 0 atom stereocenters. The van der Waals surface area contributed by atoms with Crippen LogP contribution in [0.5, 0.6) is 0 Å². The zero-order valence-electron chi connectivity index (χ0n) is 18.3. The molecule has 10 heteroatoms. The quantitative estimate of drug-likeness (QED) is 0.502. The predicted molar refractivity (Wildman–Crippen MR) is 125 cm³/mol. The molecule has 0 unspecified atom stereocenters. The summed E-state index contributed by atoms with van der Waals surface area (Å²) in [4.78, 5) is 31.3. The van der Waals surface area contributed by atoms with Crippen molar-refractivity contribution in [3.63, 3.8) is 0 Å². The van der Waals surface area contributed by atoms with E-state index in [-0.39, 0.29) is 33.7 Å². The van der Waals surface area contributed by atoms with Crippen molar-refractivity contribution < 1.29 is 23.5 Å². The Morgan fingerprint density at radius 2 is 2.12 bits per heavy atom. The van der Waals surface area contributed by atoms with Gasteiger partial charge in [-0.3, -0.25) is 14.9 Å². The lowest BCUT2D eigenvalue weighted by Gasteiger charge is -2.46. The molecular formula is C24H24F2N4O3S. The maximum absolute atomic E-state index is 13.0. The highest BCUT2D eigenvalue weighted by Gasteiger charge is 2.50. The number of aromatic nitrogens is 2. The third kappa shape index (κ3) is 3.90. The molecule has 7 nitrogen and oxygen atoms in total. The predicted octanol–water partition coefficient (Wildman–Crippen LogP) is 4.52. The minimum atomic E-state index is -2.63. The highest BCUT2D eigenvalue weighted by molar-refractivity contribution is 7.14. The summed E-state index contributed by atoms with van der Waals surface area (Å²) in [6.45, 7) is 4.83. The summed E-state index contributed by atoms with van der Waals surface area (Å²) in [6.07, 6.45) is 1.29.